The van der Waals surface area contributed by atoms with Crippen molar-refractivity contribution in [3.63, 3.8) is 0 Å². The fourth-order valence-electron chi connectivity index (χ4n) is 1.79. The lowest BCUT2D eigenvalue weighted by atomic mass is 10.2. The predicted octanol–water partition coefficient (Wildman–Crippen LogP) is 2.46. The number of ether oxygens (including phenoxy) is 2. The van der Waals surface area contributed by atoms with Crippen molar-refractivity contribution in [3.05, 3.63) is 53.5 Å². The molecule has 2 rings (SSSR count). The maximum Gasteiger partial charge on any atom is 0.374 e. The van der Waals surface area contributed by atoms with Gasteiger partial charge in [-0.3, -0.25) is 0 Å². The highest BCUT2D eigenvalue weighted by Gasteiger charge is 2.15. The van der Waals surface area contributed by atoms with Crippen molar-refractivity contribution in [3.8, 4) is 0 Å². The SMILES string of the molecule is COC(=O)c1ccc(NCc2ccoc2C(=O)OC)cc1. The summed E-state index contributed by atoms with van der Waals surface area (Å²) in [6.07, 6.45) is 1.43. The topological polar surface area (TPSA) is 77.8 Å². The maximum absolute atomic E-state index is 11.5. The Bertz CT molecular complexity index is 630. The first-order valence-electron chi connectivity index (χ1n) is 6.22. The summed E-state index contributed by atoms with van der Waals surface area (Å²) in [5.74, 6) is -0.724. The Hall–Kier alpha value is -2.76. The van der Waals surface area contributed by atoms with Crippen LogP contribution < -0.4 is 5.32 Å². The molecule has 1 N–H and O–H groups in total. The number of carbonyl (C=O) groups is 2. The minimum Gasteiger partial charge on any atom is -0.465 e. The third-order valence-corrected chi connectivity index (χ3v) is 2.91. The Labute approximate surface area is 121 Å². The summed E-state index contributed by atoms with van der Waals surface area (Å²) < 4.78 is 14.4. The third kappa shape index (κ3) is 3.42. The first-order chi connectivity index (χ1) is 10.2. The lowest BCUT2D eigenvalue weighted by molar-refractivity contribution is 0.0561. The van der Waals surface area contributed by atoms with Crippen molar-refractivity contribution < 1.29 is 23.5 Å². The van der Waals surface area contributed by atoms with Gasteiger partial charge < -0.3 is 19.2 Å². The standard InChI is InChI=1S/C15H15NO5/c1-19-14(17)10-3-5-12(6-4-10)16-9-11-7-8-21-13(11)15(18)20-2/h3-8,16H,9H2,1-2H3. The number of esters is 2. The second kappa shape index (κ2) is 6.60. The molecular formula is C15H15NO5. The number of anilines is 1. The summed E-state index contributed by atoms with van der Waals surface area (Å²) >= 11 is 0. The molecule has 0 spiro atoms. The summed E-state index contributed by atoms with van der Waals surface area (Å²) in [7, 11) is 2.63. The van der Waals surface area contributed by atoms with Crippen molar-refractivity contribution in [2.45, 2.75) is 6.54 Å². The van der Waals surface area contributed by atoms with Gasteiger partial charge in [0.2, 0.25) is 5.76 Å². The van der Waals surface area contributed by atoms with Gasteiger partial charge in [-0.2, -0.15) is 0 Å². The van der Waals surface area contributed by atoms with Crippen LogP contribution in [-0.4, -0.2) is 26.2 Å². The molecule has 110 valence electrons. The van der Waals surface area contributed by atoms with Crippen LogP contribution in [0, 0.1) is 0 Å². The zero-order chi connectivity index (χ0) is 15.2. The Morgan fingerprint density at radius 1 is 1.05 bits per heavy atom. The molecule has 0 saturated heterocycles. The molecule has 0 aliphatic rings. The van der Waals surface area contributed by atoms with E-state index in [0.717, 1.165) is 5.69 Å². The number of nitrogens with one attached hydrogen (secondary N) is 1. The van der Waals surface area contributed by atoms with Crippen LogP contribution in [-0.2, 0) is 16.0 Å². The lowest BCUT2D eigenvalue weighted by Crippen LogP contribution is -2.07. The van der Waals surface area contributed by atoms with E-state index in [1.165, 1.54) is 20.5 Å². The first kappa shape index (κ1) is 14.6. The fourth-order valence-corrected chi connectivity index (χ4v) is 1.79. The van der Waals surface area contributed by atoms with Crippen molar-refractivity contribution in [2.75, 3.05) is 19.5 Å². The van der Waals surface area contributed by atoms with Gasteiger partial charge in [0, 0.05) is 17.8 Å². The number of carbonyl (C=O) groups excluding carboxylic acids is 2. The molecule has 0 bridgehead atoms. The minimum absolute atomic E-state index is 0.177. The highest BCUT2D eigenvalue weighted by atomic mass is 16.5. The number of benzene rings is 1. The van der Waals surface area contributed by atoms with Gasteiger partial charge in [0.25, 0.3) is 0 Å². The van der Waals surface area contributed by atoms with E-state index in [0.29, 0.717) is 17.7 Å². The molecule has 0 fully saturated rings. The van der Waals surface area contributed by atoms with Crippen LogP contribution in [0.2, 0.25) is 0 Å². The van der Waals surface area contributed by atoms with E-state index in [4.69, 9.17) is 4.42 Å². The van der Waals surface area contributed by atoms with Gasteiger partial charge in [-0.15, -0.1) is 0 Å². The summed E-state index contributed by atoms with van der Waals surface area (Å²) in [6, 6.07) is 8.52. The molecule has 0 amide bonds. The Morgan fingerprint density at radius 3 is 2.33 bits per heavy atom. The van der Waals surface area contributed by atoms with Crippen molar-refractivity contribution in [1.82, 2.24) is 0 Å². The van der Waals surface area contributed by atoms with E-state index < -0.39 is 5.97 Å². The van der Waals surface area contributed by atoms with E-state index in [2.05, 4.69) is 14.8 Å². The molecule has 2 aromatic rings. The monoisotopic (exact) mass is 289 g/mol. The number of hydrogen-bond donors (Lipinski definition) is 1. The van der Waals surface area contributed by atoms with Crippen molar-refractivity contribution in [1.29, 1.82) is 0 Å². The fraction of sp³-hybridized carbons (Fsp3) is 0.200. The molecule has 21 heavy (non-hydrogen) atoms. The molecule has 1 aromatic heterocycles. The van der Waals surface area contributed by atoms with Crippen LogP contribution >= 0.6 is 0 Å². The molecular weight excluding hydrogens is 274 g/mol. The molecule has 1 heterocycles. The van der Waals surface area contributed by atoms with Gasteiger partial charge in [0.15, 0.2) is 0 Å². The average molecular weight is 289 g/mol. The molecule has 0 atom stereocenters. The molecule has 6 heteroatoms. The van der Waals surface area contributed by atoms with E-state index in [1.807, 2.05) is 0 Å². The van der Waals surface area contributed by atoms with Crippen LogP contribution in [0.1, 0.15) is 26.5 Å². The lowest BCUT2D eigenvalue weighted by Gasteiger charge is -2.07. The summed E-state index contributed by atoms with van der Waals surface area (Å²) in [4.78, 5) is 22.8. The van der Waals surface area contributed by atoms with E-state index >= 15 is 0 Å². The van der Waals surface area contributed by atoms with Crippen molar-refractivity contribution in [2.24, 2.45) is 0 Å². The molecule has 0 saturated carbocycles. The Kier molecular flexibility index (Phi) is 4.61. The van der Waals surface area contributed by atoms with E-state index in [9.17, 15) is 9.59 Å². The predicted molar refractivity (Wildman–Crippen MR) is 75.2 cm³/mol. The van der Waals surface area contributed by atoms with Crippen LogP contribution in [0.4, 0.5) is 5.69 Å². The Morgan fingerprint density at radius 2 is 1.71 bits per heavy atom. The number of furan rings is 1. The van der Waals surface area contributed by atoms with Crippen LogP contribution in [0.3, 0.4) is 0 Å². The quantitative estimate of drug-likeness (QED) is 0.852. The number of methoxy groups -OCH3 is 2. The summed E-state index contributed by atoms with van der Waals surface area (Å²) in [5, 5.41) is 3.13. The molecule has 6 nitrogen and oxygen atoms in total. The first-order valence-corrected chi connectivity index (χ1v) is 6.22. The highest BCUT2D eigenvalue weighted by Crippen LogP contribution is 2.16. The van der Waals surface area contributed by atoms with Gasteiger partial charge in [-0.05, 0) is 30.3 Å². The molecule has 0 unspecified atom stereocenters. The minimum atomic E-state index is -0.516. The zero-order valence-corrected chi connectivity index (χ0v) is 11.7. The smallest absolute Gasteiger partial charge is 0.374 e. The zero-order valence-electron chi connectivity index (χ0n) is 11.7. The number of rotatable bonds is 5. The second-order valence-electron chi connectivity index (χ2n) is 4.19. The van der Waals surface area contributed by atoms with Crippen LogP contribution in [0.25, 0.3) is 0 Å². The third-order valence-electron chi connectivity index (χ3n) is 2.91. The normalized spacial score (nSPS) is 10.0. The largest absolute Gasteiger partial charge is 0.465 e. The second-order valence-corrected chi connectivity index (χ2v) is 4.19. The van der Waals surface area contributed by atoms with Crippen LogP contribution in [0.5, 0.6) is 0 Å². The maximum atomic E-state index is 11.5. The van der Waals surface area contributed by atoms with Gasteiger partial charge in [0.05, 0.1) is 26.0 Å². The molecule has 1 aromatic carbocycles. The average Bonchev–Trinajstić information content (AvgIpc) is 3.00. The van der Waals surface area contributed by atoms with E-state index in [1.54, 1.807) is 30.3 Å². The van der Waals surface area contributed by atoms with Crippen LogP contribution in [0.15, 0.2) is 41.0 Å². The molecule has 0 aliphatic heterocycles. The Balaban J connectivity index is 2.02. The highest BCUT2D eigenvalue weighted by molar-refractivity contribution is 5.89. The van der Waals surface area contributed by atoms with Gasteiger partial charge >= 0.3 is 11.9 Å². The van der Waals surface area contributed by atoms with Gasteiger partial charge in [0.1, 0.15) is 0 Å². The summed E-state index contributed by atoms with van der Waals surface area (Å²) in [5.41, 5.74) is 1.97. The number of hydrogen-bond acceptors (Lipinski definition) is 6. The van der Waals surface area contributed by atoms with Crippen molar-refractivity contribution >= 4 is 17.6 Å². The van der Waals surface area contributed by atoms with Gasteiger partial charge in [-0.25, -0.2) is 9.59 Å². The van der Waals surface area contributed by atoms with Gasteiger partial charge in [-0.1, -0.05) is 0 Å². The molecule has 0 radical (unpaired) electrons. The molecule has 0 aliphatic carbocycles. The summed E-state index contributed by atoms with van der Waals surface area (Å²) in [6.45, 7) is 0.401. The van der Waals surface area contributed by atoms with E-state index in [-0.39, 0.29) is 11.7 Å².